The van der Waals surface area contributed by atoms with Crippen molar-refractivity contribution in [3.8, 4) is 0 Å². The standard InChI is InChI=1S/C13H10F3IN2O2/c1-18-7-10(17)11(20)19(12(18)21)6-8-2-4-9(5-3-8)13(14,15)16/h2-5,7H,6H2,1H3. The summed E-state index contributed by atoms with van der Waals surface area (Å²) in [4.78, 5) is 23.8. The minimum Gasteiger partial charge on any atom is -0.302 e. The largest absolute Gasteiger partial charge is 0.416 e. The summed E-state index contributed by atoms with van der Waals surface area (Å²) in [6, 6.07) is 4.38. The lowest BCUT2D eigenvalue weighted by Gasteiger charge is -2.10. The molecule has 4 nitrogen and oxygen atoms in total. The lowest BCUT2D eigenvalue weighted by Crippen LogP contribution is -2.40. The van der Waals surface area contributed by atoms with Crippen molar-refractivity contribution in [3.63, 3.8) is 0 Å². The molecule has 0 saturated heterocycles. The van der Waals surface area contributed by atoms with E-state index >= 15 is 0 Å². The van der Waals surface area contributed by atoms with Gasteiger partial charge in [-0.25, -0.2) is 4.79 Å². The summed E-state index contributed by atoms with van der Waals surface area (Å²) in [6.45, 7) is -0.0690. The SMILES string of the molecule is Cn1cc(I)c(=O)n(Cc2ccc(C(F)(F)F)cc2)c1=O. The molecule has 2 aromatic rings. The first-order valence-electron chi connectivity index (χ1n) is 5.82. The van der Waals surface area contributed by atoms with Crippen LogP contribution in [-0.2, 0) is 19.8 Å². The number of alkyl halides is 3. The van der Waals surface area contributed by atoms with E-state index in [0.717, 1.165) is 16.7 Å². The molecule has 0 N–H and O–H groups in total. The van der Waals surface area contributed by atoms with E-state index in [1.165, 1.54) is 29.9 Å². The minimum absolute atomic E-state index is 0.0690. The van der Waals surface area contributed by atoms with E-state index in [9.17, 15) is 22.8 Å². The van der Waals surface area contributed by atoms with Crippen LogP contribution in [0.15, 0.2) is 40.1 Å². The van der Waals surface area contributed by atoms with Gasteiger partial charge in [-0.3, -0.25) is 9.36 Å². The summed E-state index contributed by atoms with van der Waals surface area (Å²) in [7, 11) is 1.51. The highest BCUT2D eigenvalue weighted by atomic mass is 127. The first-order chi connectivity index (χ1) is 9.70. The van der Waals surface area contributed by atoms with Crippen LogP contribution < -0.4 is 11.2 Å². The van der Waals surface area contributed by atoms with Crippen LogP contribution in [0.1, 0.15) is 11.1 Å². The zero-order valence-corrected chi connectivity index (χ0v) is 13.0. The van der Waals surface area contributed by atoms with Crippen molar-refractivity contribution in [1.82, 2.24) is 9.13 Å². The summed E-state index contributed by atoms with van der Waals surface area (Å²) in [5.74, 6) is 0. The molecule has 0 spiro atoms. The summed E-state index contributed by atoms with van der Waals surface area (Å²) in [5, 5.41) is 0. The Bertz CT molecular complexity index is 742. The van der Waals surface area contributed by atoms with E-state index in [0.29, 0.717) is 9.13 Å². The Balaban J connectivity index is 2.40. The molecule has 0 aliphatic rings. The Morgan fingerprint density at radius 2 is 1.71 bits per heavy atom. The maximum Gasteiger partial charge on any atom is 0.416 e. The van der Waals surface area contributed by atoms with Crippen molar-refractivity contribution in [3.05, 3.63) is 66.0 Å². The maximum atomic E-state index is 12.5. The summed E-state index contributed by atoms with van der Waals surface area (Å²) in [6.07, 6.45) is -3.00. The maximum absolute atomic E-state index is 12.5. The molecule has 0 amide bonds. The highest BCUT2D eigenvalue weighted by molar-refractivity contribution is 14.1. The van der Waals surface area contributed by atoms with Crippen molar-refractivity contribution in [1.29, 1.82) is 0 Å². The van der Waals surface area contributed by atoms with Crippen molar-refractivity contribution >= 4 is 22.6 Å². The van der Waals surface area contributed by atoms with Gasteiger partial charge < -0.3 is 4.57 Å². The molecule has 1 aromatic carbocycles. The Hall–Kier alpha value is -1.58. The molecule has 1 aromatic heterocycles. The van der Waals surface area contributed by atoms with Crippen molar-refractivity contribution in [2.45, 2.75) is 12.7 Å². The number of nitrogens with zero attached hydrogens (tertiary/aromatic N) is 2. The van der Waals surface area contributed by atoms with Gasteiger partial charge >= 0.3 is 11.9 Å². The van der Waals surface area contributed by atoms with Gasteiger partial charge in [0.15, 0.2) is 0 Å². The van der Waals surface area contributed by atoms with Gasteiger partial charge in [0.2, 0.25) is 0 Å². The lowest BCUT2D eigenvalue weighted by atomic mass is 10.1. The second-order valence-electron chi connectivity index (χ2n) is 4.46. The van der Waals surface area contributed by atoms with Gasteiger partial charge in [-0.2, -0.15) is 13.2 Å². The van der Waals surface area contributed by atoms with Crippen LogP contribution in [0.25, 0.3) is 0 Å². The topological polar surface area (TPSA) is 44.0 Å². The number of benzene rings is 1. The number of rotatable bonds is 2. The van der Waals surface area contributed by atoms with Gasteiger partial charge in [0.05, 0.1) is 15.7 Å². The quantitative estimate of drug-likeness (QED) is 0.713. The zero-order valence-electron chi connectivity index (χ0n) is 10.8. The predicted molar refractivity (Wildman–Crippen MR) is 79.2 cm³/mol. The van der Waals surface area contributed by atoms with E-state index in [-0.39, 0.29) is 6.54 Å². The first-order valence-corrected chi connectivity index (χ1v) is 6.90. The summed E-state index contributed by atoms with van der Waals surface area (Å²) >= 11 is 1.81. The number of hydrogen-bond donors (Lipinski definition) is 0. The Kier molecular flexibility index (Phi) is 4.26. The molecule has 0 radical (unpaired) electrons. The fraction of sp³-hybridized carbons (Fsp3) is 0.231. The van der Waals surface area contributed by atoms with Crippen LogP contribution in [0.4, 0.5) is 13.2 Å². The van der Waals surface area contributed by atoms with Crippen molar-refractivity contribution < 1.29 is 13.2 Å². The van der Waals surface area contributed by atoms with E-state index in [1.807, 2.05) is 22.6 Å². The lowest BCUT2D eigenvalue weighted by molar-refractivity contribution is -0.137. The Morgan fingerprint density at radius 3 is 2.24 bits per heavy atom. The van der Waals surface area contributed by atoms with Crippen LogP contribution in [0.3, 0.4) is 0 Å². The van der Waals surface area contributed by atoms with E-state index in [2.05, 4.69) is 0 Å². The Morgan fingerprint density at radius 1 is 1.14 bits per heavy atom. The minimum atomic E-state index is -4.41. The van der Waals surface area contributed by atoms with Crippen LogP contribution in [0, 0.1) is 3.57 Å². The van der Waals surface area contributed by atoms with Gasteiger partial charge in [0.25, 0.3) is 5.56 Å². The predicted octanol–water partition coefficient (Wildman–Crippen LogP) is 2.22. The molecule has 21 heavy (non-hydrogen) atoms. The molecule has 1 heterocycles. The molecule has 0 saturated carbocycles. The molecule has 0 aliphatic heterocycles. The molecule has 0 fully saturated rings. The molecule has 8 heteroatoms. The normalized spacial score (nSPS) is 11.7. The van der Waals surface area contributed by atoms with E-state index < -0.39 is 23.0 Å². The third-order valence-electron chi connectivity index (χ3n) is 2.91. The summed E-state index contributed by atoms with van der Waals surface area (Å²) in [5.41, 5.74) is -1.29. The van der Waals surface area contributed by atoms with Gasteiger partial charge in [-0.1, -0.05) is 12.1 Å². The molecular formula is C13H10F3IN2O2. The molecule has 112 valence electrons. The third-order valence-corrected chi connectivity index (χ3v) is 3.65. The van der Waals surface area contributed by atoms with Crippen molar-refractivity contribution in [2.75, 3.05) is 0 Å². The number of aryl methyl sites for hydroxylation is 1. The van der Waals surface area contributed by atoms with Crippen LogP contribution in [0.5, 0.6) is 0 Å². The van der Waals surface area contributed by atoms with E-state index in [4.69, 9.17) is 0 Å². The molecule has 0 aliphatic carbocycles. The fourth-order valence-corrected chi connectivity index (χ4v) is 2.52. The second-order valence-corrected chi connectivity index (χ2v) is 5.62. The fourth-order valence-electron chi connectivity index (χ4n) is 1.81. The Labute approximate surface area is 131 Å². The molecule has 0 bridgehead atoms. The number of hydrogen-bond acceptors (Lipinski definition) is 2. The average molecular weight is 410 g/mol. The van der Waals surface area contributed by atoms with Gasteiger partial charge in [0, 0.05) is 13.2 Å². The number of halogens is 4. The monoisotopic (exact) mass is 410 g/mol. The van der Waals surface area contributed by atoms with Crippen molar-refractivity contribution in [2.24, 2.45) is 7.05 Å². The van der Waals surface area contributed by atoms with E-state index in [1.54, 1.807) is 0 Å². The van der Waals surface area contributed by atoms with Crippen LogP contribution >= 0.6 is 22.6 Å². The van der Waals surface area contributed by atoms with Crippen LogP contribution in [-0.4, -0.2) is 9.13 Å². The van der Waals surface area contributed by atoms with Gasteiger partial charge in [-0.05, 0) is 40.3 Å². The smallest absolute Gasteiger partial charge is 0.302 e. The highest BCUT2D eigenvalue weighted by Gasteiger charge is 2.29. The van der Waals surface area contributed by atoms with Gasteiger partial charge in [-0.15, -0.1) is 0 Å². The average Bonchev–Trinajstić information content (AvgIpc) is 2.41. The molecule has 0 unspecified atom stereocenters. The number of aromatic nitrogens is 2. The summed E-state index contributed by atoms with van der Waals surface area (Å²) < 4.78 is 40.0. The van der Waals surface area contributed by atoms with Crippen LogP contribution in [0.2, 0.25) is 0 Å². The molecule has 0 atom stereocenters. The van der Waals surface area contributed by atoms with Gasteiger partial charge in [0.1, 0.15) is 0 Å². The second kappa shape index (κ2) is 5.66. The molecular weight excluding hydrogens is 400 g/mol. The highest BCUT2D eigenvalue weighted by Crippen LogP contribution is 2.29. The zero-order chi connectivity index (χ0) is 15.8. The molecule has 2 rings (SSSR count). The first kappa shape index (κ1) is 15.8. The third kappa shape index (κ3) is 3.36.